The molecule has 0 atom stereocenters. The third kappa shape index (κ3) is 2.83. The molecular formula is C14H21BrN2. The van der Waals surface area contributed by atoms with E-state index in [0.29, 0.717) is 5.54 Å². The van der Waals surface area contributed by atoms with Crippen molar-refractivity contribution >= 4 is 21.6 Å². The van der Waals surface area contributed by atoms with E-state index in [-0.39, 0.29) is 0 Å². The molecule has 1 N–H and O–H groups in total. The lowest BCUT2D eigenvalue weighted by Crippen LogP contribution is -2.50. The summed E-state index contributed by atoms with van der Waals surface area (Å²) in [4.78, 5) is 2.50. The molecule has 0 amide bonds. The van der Waals surface area contributed by atoms with Crippen molar-refractivity contribution in [2.24, 2.45) is 0 Å². The fourth-order valence-corrected chi connectivity index (χ4v) is 2.94. The van der Waals surface area contributed by atoms with Crippen molar-refractivity contribution in [3.63, 3.8) is 0 Å². The minimum Gasteiger partial charge on any atom is -0.371 e. The molecule has 1 heterocycles. The van der Waals surface area contributed by atoms with Gasteiger partial charge in [-0.1, -0.05) is 15.9 Å². The monoisotopic (exact) mass is 296 g/mol. The second-order valence-corrected chi connectivity index (χ2v) is 6.14. The molecule has 0 bridgehead atoms. The van der Waals surface area contributed by atoms with Crippen molar-refractivity contribution in [3.05, 3.63) is 28.2 Å². The quantitative estimate of drug-likeness (QED) is 0.900. The number of hydrogen-bond donors (Lipinski definition) is 1. The normalized spacial score (nSPS) is 19.4. The second kappa shape index (κ2) is 4.99. The first kappa shape index (κ1) is 12.9. The van der Waals surface area contributed by atoms with Crippen molar-refractivity contribution in [2.75, 3.05) is 25.0 Å². The number of nitrogens with zero attached hydrogens (tertiary/aromatic N) is 1. The van der Waals surface area contributed by atoms with Crippen LogP contribution in [0.1, 0.15) is 25.3 Å². The first-order valence-electron chi connectivity index (χ1n) is 6.24. The zero-order valence-electron chi connectivity index (χ0n) is 10.9. The molecule has 0 saturated carbocycles. The summed E-state index contributed by atoms with van der Waals surface area (Å²) < 4.78 is 1.16. The van der Waals surface area contributed by atoms with Crippen LogP contribution in [0.3, 0.4) is 0 Å². The Labute approximate surface area is 113 Å². The van der Waals surface area contributed by atoms with Gasteiger partial charge in [-0.25, -0.2) is 0 Å². The number of anilines is 1. The maximum Gasteiger partial charge on any atom is 0.0396 e. The van der Waals surface area contributed by atoms with Gasteiger partial charge in [0.1, 0.15) is 0 Å². The standard InChI is InChI=1S/C14H21BrN2/c1-11-10-12(15)4-5-13(11)17-8-6-14(2,16-3)7-9-17/h4-5,10,16H,6-9H2,1-3H3. The highest BCUT2D eigenvalue weighted by Gasteiger charge is 2.28. The average Bonchev–Trinajstić information content (AvgIpc) is 2.31. The molecule has 17 heavy (non-hydrogen) atoms. The van der Waals surface area contributed by atoms with E-state index in [0.717, 1.165) is 17.6 Å². The average molecular weight is 297 g/mol. The molecule has 2 nitrogen and oxygen atoms in total. The van der Waals surface area contributed by atoms with E-state index in [1.54, 1.807) is 0 Å². The summed E-state index contributed by atoms with van der Waals surface area (Å²) in [5, 5.41) is 3.44. The number of rotatable bonds is 2. The molecule has 1 aromatic rings. The van der Waals surface area contributed by atoms with Crippen molar-refractivity contribution in [2.45, 2.75) is 32.2 Å². The summed E-state index contributed by atoms with van der Waals surface area (Å²) in [7, 11) is 2.07. The van der Waals surface area contributed by atoms with E-state index in [9.17, 15) is 0 Å². The van der Waals surface area contributed by atoms with Crippen LogP contribution in [-0.4, -0.2) is 25.7 Å². The molecule has 0 unspecified atom stereocenters. The summed E-state index contributed by atoms with van der Waals surface area (Å²) in [5.41, 5.74) is 3.05. The summed E-state index contributed by atoms with van der Waals surface area (Å²) in [5.74, 6) is 0. The highest BCUT2D eigenvalue weighted by molar-refractivity contribution is 9.10. The Hall–Kier alpha value is -0.540. The fourth-order valence-electron chi connectivity index (χ4n) is 2.46. The van der Waals surface area contributed by atoms with E-state index < -0.39 is 0 Å². The zero-order chi connectivity index (χ0) is 12.5. The van der Waals surface area contributed by atoms with E-state index in [1.165, 1.54) is 24.1 Å². The molecular weight excluding hydrogens is 276 g/mol. The number of nitrogens with one attached hydrogen (secondary N) is 1. The lowest BCUT2D eigenvalue weighted by atomic mass is 9.89. The van der Waals surface area contributed by atoms with Gasteiger partial charge < -0.3 is 10.2 Å². The van der Waals surface area contributed by atoms with E-state index in [1.807, 2.05) is 0 Å². The van der Waals surface area contributed by atoms with Gasteiger partial charge in [0.2, 0.25) is 0 Å². The summed E-state index contributed by atoms with van der Waals surface area (Å²) in [6, 6.07) is 6.55. The Morgan fingerprint density at radius 1 is 1.29 bits per heavy atom. The minimum atomic E-state index is 0.319. The van der Waals surface area contributed by atoms with Gasteiger partial charge in [0.25, 0.3) is 0 Å². The van der Waals surface area contributed by atoms with Gasteiger partial charge >= 0.3 is 0 Å². The number of hydrogen-bond acceptors (Lipinski definition) is 2. The van der Waals surface area contributed by atoms with Gasteiger partial charge in [-0.05, 0) is 57.5 Å². The molecule has 2 rings (SSSR count). The van der Waals surface area contributed by atoms with Gasteiger partial charge in [0.05, 0.1) is 0 Å². The van der Waals surface area contributed by atoms with E-state index in [2.05, 4.69) is 65.2 Å². The van der Waals surface area contributed by atoms with E-state index >= 15 is 0 Å². The van der Waals surface area contributed by atoms with Crippen LogP contribution in [0.2, 0.25) is 0 Å². The molecule has 1 fully saturated rings. The van der Waals surface area contributed by atoms with E-state index in [4.69, 9.17) is 0 Å². The molecule has 0 spiro atoms. The maximum absolute atomic E-state index is 3.52. The van der Waals surface area contributed by atoms with Crippen molar-refractivity contribution < 1.29 is 0 Å². The molecule has 0 radical (unpaired) electrons. The number of halogens is 1. The van der Waals surface area contributed by atoms with Crippen LogP contribution in [0.25, 0.3) is 0 Å². The van der Waals surface area contributed by atoms with Gasteiger partial charge in [-0.2, -0.15) is 0 Å². The van der Waals surface area contributed by atoms with Crippen LogP contribution < -0.4 is 10.2 Å². The molecule has 0 aliphatic carbocycles. The number of piperidine rings is 1. The van der Waals surface area contributed by atoms with Gasteiger partial charge in [-0.3, -0.25) is 0 Å². The predicted octanol–water partition coefficient (Wildman–Crippen LogP) is 3.34. The Morgan fingerprint density at radius 3 is 2.47 bits per heavy atom. The van der Waals surface area contributed by atoms with Crippen LogP contribution in [-0.2, 0) is 0 Å². The Balaban J connectivity index is 2.10. The third-order valence-electron chi connectivity index (χ3n) is 3.97. The van der Waals surface area contributed by atoms with Crippen LogP contribution in [0.5, 0.6) is 0 Å². The minimum absolute atomic E-state index is 0.319. The van der Waals surface area contributed by atoms with Gasteiger partial charge in [-0.15, -0.1) is 0 Å². The Kier molecular flexibility index (Phi) is 3.79. The molecule has 1 saturated heterocycles. The largest absolute Gasteiger partial charge is 0.371 e. The maximum atomic E-state index is 3.52. The Morgan fingerprint density at radius 2 is 1.94 bits per heavy atom. The van der Waals surface area contributed by atoms with Crippen LogP contribution in [0, 0.1) is 6.92 Å². The molecule has 1 aliphatic heterocycles. The lowest BCUT2D eigenvalue weighted by molar-refractivity contribution is 0.305. The highest BCUT2D eigenvalue weighted by atomic mass is 79.9. The van der Waals surface area contributed by atoms with Crippen LogP contribution >= 0.6 is 15.9 Å². The highest BCUT2D eigenvalue weighted by Crippen LogP contribution is 2.29. The molecule has 94 valence electrons. The number of benzene rings is 1. The molecule has 0 aromatic heterocycles. The number of aryl methyl sites for hydroxylation is 1. The van der Waals surface area contributed by atoms with Crippen molar-refractivity contribution in [3.8, 4) is 0 Å². The molecule has 3 heteroatoms. The second-order valence-electron chi connectivity index (χ2n) is 5.23. The third-order valence-corrected chi connectivity index (χ3v) is 4.46. The molecule has 1 aliphatic rings. The van der Waals surface area contributed by atoms with Crippen molar-refractivity contribution in [1.82, 2.24) is 5.32 Å². The fraction of sp³-hybridized carbons (Fsp3) is 0.571. The first-order valence-corrected chi connectivity index (χ1v) is 7.03. The topological polar surface area (TPSA) is 15.3 Å². The summed E-state index contributed by atoms with van der Waals surface area (Å²) in [6.07, 6.45) is 2.41. The van der Waals surface area contributed by atoms with Crippen molar-refractivity contribution in [1.29, 1.82) is 0 Å². The zero-order valence-corrected chi connectivity index (χ0v) is 12.5. The summed E-state index contributed by atoms with van der Waals surface area (Å²) >= 11 is 3.52. The van der Waals surface area contributed by atoms with Crippen LogP contribution in [0.15, 0.2) is 22.7 Å². The lowest BCUT2D eigenvalue weighted by Gasteiger charge is -2.40. The molecule has 1 aromatic carbocycles. The predicted molar refractivity (Wildman–Crippen MR) is 77.8 cm³/mol. The van der Waals surface area contributed by atoms with Crippen LogP contribution in [0.4, 0.5) is 5.69 Å². The van der Waals surface area contributed by atoms with Gasteiger partial charge in [0.15, 0.2) is 0 Å². The SMILES string of the molecule is CNC1(C)CCN(c2ccc(Br)cc2C)CC1. The van der Waals surface area contributed by atoms with Gasteiger partial charge in [0, 0.05) is 28.8 Å². The smallest absolute Gasteiger partial charge is 0.0396 e. The Bertz CT molecular complexity index is 395. The summed E-state index contributed by atoms with van der Waals surface area (Å²) in [6.45, 7) is 6.78. The first-order chi connectivity index (χ1) is 8.04.